The summed E-state index contributed by atoms with van der Waals surface area (Å²) >= 11 is 3.28. The zero-order valence-electron chi connectivity index (χ0n) is 17.8. The van der Waals surface area contributed by atoms with Crippen LogP contribution in [0.1, 0.15) is 23.6 Å². The minimum atomic E-state index is -0.969. The van der Waals surface area contributed by atoms with Crippen LogP contribution in [0.5, 0.6) is 5.75 Å². The van der Waals surface area contributed by atoms with E-state index in [1.807, 2.05) is 0 Å². The maximum atomic E-state index is 14.1. The lowest BCUT2D eigenvalue weighted by molar-refractivity contribution is -0.140. The number of morpholine rings is 1. The molecule has 0 bridgehead atoms. The number of ether oxygens (including phenoxy) is 1. The van der Waals surface area contributed by atoms with Crippen LogP contribution in [0.4, 0.5) is 4.39 Å². The van der Waals surface area contributed by atoms with Crippen LogP contribution in [0.3, 0.4) is 0 Å². The Hall–Kier alpha value is -2.75. The molecule has 2 heterocycles. The second-order valence-corrected chi connectivity index (χ2v) is 8.93. The van der Waals surface area contributed by atoms with E-state index in [0.29, 0.717) is 36.2 Å². The Morgan fingerprint density at radius 1 is 1.12 bits per heavy atom. The molecule has 2 aliphatic rings. The Morgan fingerprint density at radius 2 is 1.88 bits per heavy atom. The molecule has 0 aromatic heterocycles. The topological polar surface area (TPSA) is 90.3 Å². The third-order valence-corrected chi connectivity index (χ3v) is 6.39. The van der Waals surface area contributed by atoms with Gasteiger partial charge in [0.05, 0.1) is 30.4 Å². The lowest BCUT2D eigenvalue weighted by atomic mass is 9.95. The van der Waals surface area contributed by atoms with Crippen molar-refractivity contribution in [1.82, 2.24) is 9.80 Å². The van der Waals surface area contributed by atoms with Gasteiger partial charge >= 0.3 is 0 Å². The number of Topliss-reactive ketones (excluding diaryl/α,β-unsaturated/α-hetero) is 1. The summed E-state index contributed by atoms with van der Waals surface area (Å²) in [6.07, 6.45) is 0.598. The van der Waals surface area contributed by atoms with Crippen molar-refractivity contribution >= 4 is 33.4 Å². The van der Waals surface area contributed by atoms with Crippen molar-refractivity contribution in [3.8, 4) is 5.75 Å². The molecule has 1 atom stereocenters. The highest BCUT2D eigenvalue weighted by molar-refractivity contribution is 9.10. The van der Waals surface area contributed by atoms with E-state index in [0.717, 1.165) is 13.1 Å². The molecule has 2 N–H and O–H groups in total. The lowest BCUT2D eigenvalue weighted by Crippen LogP contribution is -2.39. The molecule has 4 rings (SSSR count). The molecule has 2 aromatic rings. The van der Waals surface area contributed by atoms with Crippen molar-refractivity contribution in [3.05, 3.63) is 69.5 Å². The van der Waals surface area contributed by atoms with Gasteiger partial charge in [0.2, 0.25) is 0 Å². The highest BCUT2D eigenvalue weighted by atomic mass is 79.9. The van der Waals surface area contributed by atoms with Crippen LogP contribution in [0.25, 0.3) is 5.76 Å². The number of nitrogens with zero attached hydrogens (tertiary/aromatic N) is 2. The number of hydrogen-bond acceptors (Lipinski definition) is 6. The molecule has 2 aromatic carbocycles. The van der Waals surface area contributed by atoms with Gasteiger partial charge in [-0.2, -0.15) is 0 Å². The van der Waals surface area contributed by atoms with E-state index in [1.165, 1.54) is 35.2 Å². The molecule has 7 nitrogen and oxygen atoms in total. The van der Waals surface area contributed by atoms with Crippen LogP contribution in [0.2, 0.25) is 0 Å². The first-order valence-corrected chi connectivity index (χ1v) is 11.5. The molecule has 2 aliphatic heterocycles. The number of hydrogen-bond donors (Lipinski definition) is 2. The number of rotatable bonds is 6. The van der Waals surface area contributed by atoms with Crippen molar-refractivity contribution in [2.24, 2.45) is 0 Å². The van der Waals surface area contributed by atoms with E-state index in [9.17, 15) is 24.2 Å². The largest absolute Gasteiger partial charge is 0.507 e. The maximum absolute atomic E-state index is 14.1. The fourth-order valence-electron chi connectivity index (χ4n) is 4.27. The third-order valence-electron chi connectivity index (χ3n) is 5.90. The van der Waals surface area contributed by atoms with Crippen LogP contribution in [0.15, 0.2) is 52.5 Å². The van der Waals surface area contributed by atoms with Gasteiger partial charge in [0.15, 0.2) is 0 Å². The van der Waals surface area contributed by atoms with Gasteiger partial charge in [-0.05, 0) is 42.3 Å². The number of phenols is 1. The van der Waals surface area contributed by atoms with E-state index in [1.54, 1.807) is 12.1 Å². The zero-order chi connectivity index (χ0) is 23.5. The summed E-state index contributed by atoms with van der Waals surface area (Å²) in [6, 6.07) is 9.07. The average Bonchev–Trinajstić information content (AvgIpc) is 3.06. The summed E-state index contributed by atoms with van der Waals surface area (Å²) < 4.78 is 20.0. The number of likely N-dealkylation sites (tertiary alicyclic amines) is 1. The number of carbonyl (C=O) groups excluding carboxylic acids is 2. The number of phenolic OH excluding ortho intramolecular Hbond substituents is 1. The van der Waals surface area contributed by atoms with Crippen molar-refractivity contribution in [3.63, 3.8) is 0 Å². The molecular weight excluding hydrogens is 495 g/mol. The number of amides is 1. The number of ketones is 1. The first kappa shape index (κ1) is 23.4. The van der Waals surface area contributed by atoms with Gasteiger partial charge in [-0.3, -0.25) is 14.5 Å². The minimum absolute atomic E-state index is 0.0112. The van der Waals surface area contributed by atoms with Gasteiger partial charge in [0.25, 0.3) is 11.7 Å². The Bertz CT molecular complexity index is 1100. The van der Waals surface area contributed by atoms with E-state index in [2.05, 4.69) is 20.8 Å². The smallest absolute Gasteiger partial charge is 0.295 e. The lowest BCUT2D eigenvalue weighted by Gasteiger charge is -2.29. The fraction of sp³-hybridized carbons (Fsp3) is 0.333. The van der Waals surface area contributed by atoms with E-state index in [-0.39, 0.29) is 23.4 Å². The summed E-state index contributed by atoms with van der Waals surface area (Å²) in [4.78, 5) is 29.6. The van der Waals surface area contributed by atoms with Crippen LogP contribution >= 0.6 is 15.9 Å². The molecular formula is C24H24BrFN2O5. The SMILES string of the molecule is O=C1C(=O)N(CCCN2CCOCC2)[C@H](c2cccc(F)c2)C1=C(O)c1cc(Br)ccc1O. The van der Waals surface area contributed by atoms with E-state index >= 15 is 0 Å². The normalized spacial score (nSPS) is 21.0. The molecule has 0 aliphatic carbocycles. The monoisotopic (exact) mass is 518 g/mol. The van der Waals surface area contributed by atoms with Gasteiger partial charge in [-0.1, -0.05) is 28.1 Å². The van der Waals surface area contributed by atoms with Crippen molar-refractivity contribution < 1.29 is 28.9 Å². The molecule has 33 heavy (non-hydrogen) atoms. The molecule has 174 valence electrons. The minimum Gasteiger partial charge on any atom is -0.507 e. The number of aliphatic hydroxyl groups is 1. The average molecular weight is 519 g/mol. The Labute approximate surface area is 199 Å². The van der Waals surface area contributed by atoms with E-state index in [4.69, 9.17) is 4.74 Å². The summed E-state index contributed by atoms with van der Waals surface area (Å²) in [5.74, 6) is -2.89. The molecule has 0 spiro atoms. The second-order valence-electron chi connectivity index (χ2n) is 8.02. The molecule has 2 saturated heterocycles. The van der Waals surface area contributed by atoms with Gasteiger partial charge in [-0.25, -0.2) is 4.39 Å². The summed E-state index contributed by atoms with van der Waals surface area (Å²) in [6.45, 7) is 3.88. The van der Waals surface area contributed by atoms with E-state index < -0.39 is 29.3 Å². The maximum Gasteiger partial charge on any atom is 0.295 e. The predicted molar refractivity (Wildman–Crippen MR) is 123 cm³/mol. The van der Waals surface area contributed by atoms with Crippen molar-refractivity contribution in [1.29, 1.82) is 0 Å². The Kier molecular flexibility index (Phi) is 7.11. The quantitative estimate of drug-likeness (QED) is 0.346. The predicted octanol–water partition coefficient (Wildman–Crippen LogP) is 3.44. The number of aliphatic hydroxyl groups excluding tert-OH is 1. The standard InChI is InChI=1S/C24H24BrFN2O5/c25-16-5-6-19(29)18(14-16)22(30)20-21(15-3-1-4-17(26)13-15)28(24(32)23(20)31)8-2-7-27-9-11-33-12-10-27/h1,3-6,13-14,21,29-30H,2,7-12H2/t21-/m1/s1. The second kappa shape index (κ2) is 10.0. The zero-order valence-corrected chi connectivity index (χ0v) is 19.4. The van der Waals surface area contributed by atoms with Crippen LogP contribution in [-0.4, -0.2) is 71.1 Å². The first-order chi connectivity index (χ1) is 15.9. The van der Waals surface area contributed by atoms with Crippen LogP contribution in [0, 0.1) is 5.82 Å². The first-order valence-electron chi connectivity index (χ1n) is 10.7. The molecule has 9 heteroatoms. The molecule has 0 unspecified atom stereocenters. The summed E-state index contributed by atoms with van der Waals surface area (Å²) in [5.41, 5.74) is 0.207. The summed E-state index contributed by atoms with van der Waals surface area (Å²) in [5, 5.41) is 21.3. The highest BCUT2D eigenvalue weighted by Gasteiger charge is 2.46. The number of benzene rings is 2. The van der Waals surface area contributed by atoms with Gasteiger partial charge in [0, 0.05) is 30.7 Å². The summed E-state index contributed by atoms with van der Waals surface area (Å²) in [7, 11) is 0. The van der Waals surface area contributed by atoms with Gasteiger partial charge < -0.3 is 19.8 Å². The Morgan fingerprint density at radius 3 is 2.61 bits per heavy atom. The number of aromatic hydroxyl groups is 1. The van der Waals surface area contributed by atoms with Crippen molar-refractivity contribution in [2.45, 2.75) is 12.5 Å². The third kappa shape index (κ3) is 4.95. The highest BCUT2D eigenvalue weighted by Crippen LogP contribution is 2.41. The molecule has 0 radical (unpaired) electrons. The molecule has 0 saturated carbocycles. The van der Waals surface area contributed by atoms with Crippen LogP contribution in [-0.2, 0) is 14.3 Å². The fourth-order valence-corrected chi connectivity index (χ4v) is 4.63. The van der Waals surface area contributed by atoms with Crippen LogP contribution < -0.4 is 0 Å². The molecule has 1 amide bonds. The molecule has 2 fully saturated rings. The van der Waals surface area contributed by atoms with Crippen molar-refractivity contribution in [2.75, 3.05) is 39.4 Å². The van der Waals surface area contributed by atoms with Gasteiger partial charge in [0.1, 0.15) is 17.3 Å². The van der Waals surface area contributed by atoms with Gasteiger partial charge in [-0.15, -0.1) is 0 Å². The number of carbonyl (C=O) groups is 2. The number of halogens is 2. The Balaban J connectivity index is 1.71.